The summed E-state index contributed by atoms with van der Waals surface area (Å²) in [7, 11) is 0. The molecule has 0 aliphatic carbocycles. The van der Waals surface area contributed by atoms with Crippen molar-refractivity contribution in [1.82, 2.24) is 10.2 Å². The van der Waals surface area contributed by atoms with Gasteiger partial charge >= 0.3 is 0 Å². The first-order valence-electron chi connectivity index (χ1n) is 6.04. The molecule has 0 spiro atoms. The second-order valence-corrected chi connectivity index (χ2v) is 5.27. The summed E-state index contributed by atoms with van der Waals surface area (Å²) in [6.45, 7) is 2.19. The predicted molar refractivity (Wildman–Crippen MR) is 71.7 cm³/mol. The number of hydrogen-bond acceptors (Lipinski definition) is 2. The van der Waals surface area contributed by atoms with Crippen LogP contribution in [-0.2, 0) is 16.1 Å². The molecule has 1 aliphatic heterocycles. The van der Waals surface area contributed by atoms with Gasteiger partial charge in [-0.05, 0) is 40.0 Å². The molecule has 6 heteroatoms. The van der Waals surface area contributed by atoms with E-state index in [1.807, 2.05) is 6.92 Å². The predicted octanol–water partition coefficient (Wildman–Crippen LogP) is 1.83. The van der Waals surface area contributed by atoms with Gasteiger partial charge in [-0.2, -0.15) is 0 Å². The zero-order valence-electron chi connectivity index (χ0n) is 10.5. The SMILES string of the molecule is CCC1C(=O)NCC(=O)N1Cc1ccc(F)c(Br)c1. The summed E-state index contributed by atoms with van der Waals surface area (Å²) in [5, 5.41) is 2.57. The fourth-order valence-electron chi connectivity index (χ4n) is 2.14. The molecule has 1 aliphatic rings. The molecule has 4 nitrogen and oxygen atoms in total. The highest BCUT2D eigenvalue weighted by molar-refractivity contribution is 9.10. The smallest absolute Gasteiger partial charge is 0.243 e. The van der Waals surface area contributed by atoms with E-state index in [1.165, 1.54) is 6.07 Å². The molecule has 19 heavy (non-hydrogen) atoms. The van der Waals surface area contributed by atoms with Crippen LogP contribution in [0.5, 0.6) is 0 Å². The molecule has 1 fully saturated rings. The Morgan fingerprint density at radius 1 is 1.47 bits per heavy atom. The highest BCUT2D eigenvalue weighted by Crippen LogP contribution is 2.20. The van der Waals surface area contributed by atoms with Crippen molar-refractivity contribution in [3.8, 4) is 0 Å². The number of carbonyl (C=O) groups excluding carboxylic acids is 2. The zero-order valence-corrected chi connectivity index (χ0v) is 12.0. The fraction of sp³-hybridized carbons (Fsp3) is 0.385. The van der Waals surface area contributed by atoms with Crippen molar-refractivity contribution in [2.45, 2.75) is 25.9 Å². The molecular weight excluding hydrogens is 315 g/mol. The third-order valence-electron chi connectivity index (χ3n) is 3.14. The third-order valence-corrected chi connectivity index (χ3v) is 3.74. The molecule has 1 aromatic rings. The normalized spacial score (nSPS) is 19.5. The van der Waals surface area contributed by atoms with E-state index in [2.05, 4.69) is 21.2 Å². The van der Waals surface area contributed by atoms with Crippen LogP contribution in [-0.4, -0.2) is 29.3 Å². The van der Waals surface area contributed by atoms with Crippen molar-refractivity contribution >= 4 is 27.7 Å². The van der Waals surface area contributed by atoms with Crippen LogP contribution in [0.15, 0.2) is 22.7 Å². The molecule has 1 unspecified atom stereocenters. The van der Waals surface area contributed by atoms with Gasteiger partial charge in [0.2, 0.25) is 11.8 Å². The van der Waals surface area contributed by atoms with Crippen molar-refractivity contribution in [3.05, 3.63) is 34.1 Å². The molecule has 2 rings (SSSR count). The second-order valence-electron chi connectivity index (χ2n) is 4.41. The highest BCUT2D eigenvalue weighted by atomic mass is 79.9. The molecule has 0 bridgehead atoms. The van der Waals surface area contributed by atoms with E-state index in [9.17, 15) is 14.0 Å². The Labute approximate surface area is 119 Å². The number of nitrogens with zero attached hydrogens (tertiary/aromatic N) is 1. The summed E-state index contributed by atoms with van der Waals surface area (Å²) in [5.74, 6) is -0.603. The van der Waals surface area contributed by atoms with E-state index in [0.29, 0.717) is 17.4 Å². The maximum atomic E-state index is 13.2. The molecule has 1 aromatic carbocycles. The van der Waals surface area contributed by atoms with Crippen LogP contribution < -0.4 is 5.32 Å². The first-order chi connectivity index (χ1) is 9.02. The zero-order chi connectivity index (χ0) is 14.0. The van der Waals surface area contributed by atoms with Crippen LogP contribution in [0, 0.1) is 5.82 Å². The molecule has 1 N–H and O–H groups in total. The van der Waals surface area contributed by atoms with Crippen LogP contribution in [0.3, 0.4) is 0 Å². The largest absolute Gasteiger partial charge is 0.345 e. The van der Waals surface area contributed by atoms with Crippen LogP contribution in [0.4, 0.5) is 4.39 Å². The number of nitrogens with one attached hydrogen (secondary N) is 1. The maximum absolute atomic E-state index is 13.2. The molecule has 1 atom stereocenters. The summed E-state index contributed by atoms with van der Waals surface area (Å²) in [6, 6.07) is 4.13. The van der Waals surface area contributed by atoms with Crippen molar-refractivity contribution < 1.29 is 14.0 Å². The van der Waals surface area contributed by atoms with Gasteiger partial charge in [0.25, 0.3) is 0 Å². The number of amides is 2. The molecule has 0 radical (unpaired) electrons. The third kappa shape index (κ3) is 2.94. The molecule has 0 aromatic heterocycles. The number of carbonyl (C=O) groups is 2. The van der Waals surface area contributed by atoms with Gasteiger partial charge in [0.15, 0.2) is 0 Å². The number of halogens is 2. The Kier molecular flexibility index (Phi) is 4.19. The quantitative estimate of drug-likeness (QED) is 0.920. The van der Waals surface area contributed by atoms with E-state index in [0.717, 1.165) is 5.56 Å². The number of hydrogen-bond donors (Lipinski definition) is 1. The first kappa shape index (κ1) is 14.0. The first-order valence-corrected chi connectivity index (χ1v) is 6.83. The van der Waals surface area contributed by atoms with Gasteiger partial charge in [0, 0.05) is 6.54 Å². The number of piperazine rings is 1. The lowest BCUT2D eigenvalue weighted by Crippen LogP contribution is -2.57. The summed E-state index contributed by atoms with van der Waals surface area (Å²) < 4.78 is 13.5. The molecule has 0 saturated carbocycles. The molecule has 2 amide bonds. The van der Waals surface area contributed by atoms with E-state index in [-0.39, 0.29) is 24.2 Å². The van der Waals surface area contributed by atoms with E-state index in [4.69, 9.17) is 0 Å². The van der Waals surface area contributed by atoms with E-state index >= 15 is 0 Å². The summed E-state index contributed by atoms with van der Waals surface area (Å²) in [4.78, 5) is 25.1. The van der Waals surface area contributed by atoms with Crippen molar-refractivity contribution in [1.29, 1.82) is 0 Å². The van der Waals surface area contributed by atoms with Gasteiger partial charge in [-0.1, -0.05) is 13.0 Å². The lowest BCUT2D eigenvalue weighted by molar-refractivity contribution is -0.146. The highest BCUT2D eigenvalue weighted by Gasteiger charge is 2.32. The van der Waals surface area contributed by atoms with Crippen molar-refractivity contribution in [2.75, 3.05) is 6.54 Å². The Balaban J connectivity index is 2.21. The maximum Gasteiger partial charge on any atom is 0.243 e. The summed E-state index contributed by atoms with van der Waals surface area (Å²) in [5.41, 5.74) is 0.787. The van der Waals surface area contributed by atoms with Gasteiger partial charge < -0.3 is 10.2 Å². The van der Waals surface area contributed by atoms with Crippen LogP contribution >= 0.6 is 15.9 Å². The second kappa shape index (κ2) is 5.69. The minimum atomic E-state index is -0.454. The van der Waals surface area contributed by atoms with E-state index in [1.54, 1.807) is 17.0 Å². The minimum absolute atomic E-state index is 0.0255. The monoisotopic (exact) mass is 328 g/mol. The molecule has 1 heterocycles. The summed E-state index contributed by atoms with van der Waals surface area (Å²) >= 11 is 3.11. The lowest BCUT2D eigenvalue weighted by atomic mass is 10.1. The van der Waals surface area contributed by atoms with Crippen LogP contribution in [0.1, 0.15) is 18.9 Å². The molecule has 102 valence electrons. The van der Waals surface area contributed by atoms with E-state index < -0.39 is 6.04 Å². The Morgan fingerprint density at radius 3 is 2.84 bits per heavy atom. The van der Waals surface area contributed by atoms with Crippen LogP contribution in [0.25, 0.3) is 0 Å². The number of rotatable bonds is 3. The van der Waals surface area contributed by atoms with Crippen LogP contribution in [0.2, 0.25) is 0 Å². The standard InChI is InChI=1S/C13H14BrFN2O2/c1-2-11-13(19)16-6-12(18)17(11)7-8-3-4-10(15)9(14)5-8/h3-5,11H,2,6-7H2,1H3,(H,16,19). The molecular formula is C13H14BrFN2O2. The average molecular weight is 329 g/mol. The Bertz CT molecular complexity index is 521. The van der Waals surface area contributed by atoms with Gasteiger partial charge in [0.05, 0.1) is 11.0 Å². The number of benzene rings is 1. The lowest BCUT2D eigenvalue weighted by Gasteiger charge is -2.34. The topological polar surface area (TPSA) is 49.4 Å². The van der Waals surface area contributed by atoms with Gasteiger partial charge in [-0.3, -0.25) is 9.59 Å². The minimum Gasteiger partial charge on any atom is -0.345 e. The fourth-order valence-corrected chi connectivity index (χ4v) is 2.56. The molecule has 1 saturated heterocycles. The van der Waals surface area contributed by atoms with Crippen molar-refractivity contribution in [3.63, 3.8) is 0 Å². The Morgan fingerprint density at radius 2 is 2.21 bits per heavy atom. The summed E-state index contributed by atoms with van der Waals surface area (Å²) in [6.07, 6.45) is 0.555. The van der Waals surface area contributed by atoms with Gasteiger partial charge in [-0.25, -0.2) is 4.39 Å². The van der Waals surface area contributed by atoms with Gasteiger partial charge in [-0.15, -0.1) is 0 Å². The van der Waals surface area contributed by atoms with Crippen molar-refractivity contribution in [2.24, 2.45) is 0 Å². The average Bonchev–Trinajstić information content (AvgIpc) is 2.38. The Hall–Kier alpha value is -1.43. The van der Waals surface area contributed by atoms with Gasteiger partial charge in [0.1, 0.15) is 11.9 Å².